The Morgan fingerprint density at radius 1 is 0.889 bits per heavy atom. The van der Waals surface area contributed by atoms with Gasteiger partial charge in [0.25, 0.3) is 11.8 Å². The smallest absolute Gasteiger partial charge is 0.311 e. The van der Waals surface area contributed by atoms with E-state index < -0.39 is 30.3 Å². The first kappa shape index (κ1) is 24.5. The van der Waals surface area contributed by atoms with Crippen LogP contribution in [0.15, 0.2) is 78.9 Å². The maximum absolute atomic E-state index is 12.5. The van der Waals surface area contributed by atoms with Gasteiger partial charge in [-0.2, -0.15) is 0 Å². The minimum absolute atomic E-state index is 0.0210. The first-order chi connectivity index (χ1) is 17.4. The summed E-state index contributed by atoms with van der Waals surface area (Å²) in [4.78, 5) is 50.3. The number of hydrazine groups is 1. The number of rotatable bonds is 7. The maximum atomic E-state index is 12.5. The lowest BCUT2D eigenvalue weighted by atomic mass is 10.1. The van der Waals surface area contributed by atoms with E-state index in [1.165, 1.54) is 4.90 Å². The summed E-state index contributed by atoms with van der Waals surface area (Å²) in [7, 11) is 0. The lowest BCUT2D eigenvalue weighted by Gasteiger charge is -2.17. The molecule has 0 bridgehead atoms. The van der Waals surface area contributed by atoms with Crippen LogP contribution in [0.1, 0.15) is 22.3 Å². The highest BCUT2D eigenvalue weighted by Crippen LogP contribution is 2.29. The van der Waals surface area contributed by atoms with Crippen molar-refractivity contribution >= 4 is 29.4 Å². The number of aryl methyl sites for hydroxylation is 1. The van der Waals surface area contributed by atoms with Crippen molar-refractivity contribution < 1.29 is 28.7 Å². The predicted octanol–water partition coefficient (Wildman–Crippen LogP) is 3.14. The minimum Gasteiger partial charge on any atom is -0.457 e. The Balaban J connectivity index is 1.24. The monoisotopic (exact) mass is 487 g/mol. The number of carbonyl (C=O) groups is 4. The molecule has 1 fully saturated rings. The van der Waals surface area contributed by atoms with Crippen LogP contribution in [-0.4, -0.2) is 36.8 Å². The summed E-state index contributed by atoms with van der Waals surface area (Å²) in [6.45, 7) is 1.56. The predicted molar refractivity (Wildman–Crippen MR) is 131 cm³/mol. The molecule has 1 aliphatic rings. The molecule has 184 valence electrons. The normalized spacial score (nSPS) is 14.8. The third-order valence-electron chi connectivity index (χ3n) is 5.56. The number of ether oxygens (including phenoxy) is 2. The van der Waals surface area contributed by atoms with E-state index in [4.69, 9.17) is 9.47 Å². The van der Waals surface area contributed by atoms with Gasteiger partial charge in [0.15, 0.2) is 6.61 Å². The lowest BCUT2D eigenvalue weighted by Crippen LogP contribution is -2.43. The van der Waals surface area contributed by atoms with Crippen LogP contribution in [0.5, 0.6) is 11.5 Å². The molecule has 1 heterocycles. The van der Waals surface area contributed by atoms with Gasteiger partial charge in [-0.15, -0.1) is 0 Å². The van der Waals surface area contributed by atoms with E-state index in [-0.39, 0.29) is 18.9 Å². The molecule has 1 atom stereocenters. The number of amides is 3. The van der Waals surface area contributed by atoms with Gasteiger partial charge in [-0.25, -0.2) is 0 Å². The van der Waals surface area contributed by atoms with Crippen LogP contribution < -0.4 is 20.5 Å². The molecule has 9 heteroatoms. The summed E-state index contributed by atoms with van der Waals surface area (Å²) in [5.41, 5.74) is 6.57. The van der Waals surface area contributed by atoms with Crippen molar-refractivity contribution in [3.63, 3.8) is 0 Å². The van der Waals surface area contributed by atoms with Crippen LogP contribution in [0.25, 0.3) is 0 Å². The fourth-order valence-electron chi connectivity index (χ4n) is 3.63. The van der Waals surface area contributed by atoms with Crippen molar-refractivity contribution in [3.05, 3.63) is 90.0 Å². The Bertz CT molecular complexity index is 1240. The van der Waals surface area contributed by atoms with E-state index in [2.05, 4.69) is 10.9 Å². The summed E-state index contributed by atoms with van der Waals surface area (Å²) in [6.07, 6.45) is -0.0210. The second kappa shape index (κ2) is 11.2. The zero-order valence-electron chi connectivity index (χ0n) is 19.6. The summed E-state index contributed by atoms with van der Waals surface area (Å²) in [5, 5.41) is 0. The molecule has 3 amide bonds. The van der Waals surface area contributed by atoms with Crippen molar-refractivity contribution in [2.24, 2.45) is 5.92 Å². The van der Waals surface area contributed by atoms with Gasteiger partial charge in [0.05, 0.1) is 5.92 Å². The number of nitrogens with zero attached hydrogens (tertiary/aromatic N) is 1. The molecule has 1 aliphatic heterocycles. The highest BCUT2D eigenvalue weighted by Gasteiger charge is 2.36. The Morgan fingerprint density at radius 3 is 2.19 bits per heavy atom. The standard InChI is InChI=1S/C27H25N3O6/c1-18-7-11-22(12-8-18)36-23-13-9-21(10-14-23)30-16-20(15-25(30)32)27(34)35-17-24(31)28-29-26(33)19-5-3-2-4-6-19/h2-14,20H,15-17H2,1H3,(H,28,31)(H,29,33)/t20-/m0/s1. The fraction of sp³-hybridized carbons (Fsp3) is 0.185. The number of benzene rings is 3. The average molecular weight is 488 g/mol. The minimum atomic E-state index is -0.701. The molecule has 4 rings (SSSR count). The van der Waals surface area contributed by atoms with E-state index in [1.54, 1.807) is 54.6 Å². The topological polar surface area (TPSA) is 114 Å². The van der Waals surface area contributed by atoms with Crippen molar-refractivity contribution in [3.8, 4) is 11.5 Å². The molecule has 3 aromatic carbocycles. The number of anilines is 1. The zero-order chi connectivity index (χ0) is 25.5. The molecule has 9 nitrogen and oxygen atoms in total. The van der Waals surface area contributed by atoms with Crippen LogP contribution in [0.4, 0.5) is 5.69 Å². The van der Waals surface area contributed by atoms with Crippen LogP contribution in [0, 0.1) is 12.8 Å². The summed E-state index contributed by atoms with van der Waals surface area (Å²) < 4.78 is 10.9. The Hall–Kier alpha value is -4.66. The molecule has 0 unspecified atom stereocenters. The van der Waals surface area contributed by atoms with E-state index in [1.807, 2.05) is 31.2 Å². The molecule has 1 saturated heterocycles. The van der Waals surface area contributed by atoms with Gasteiger partial charge >= 0.3 is 5.97 Å². The number of esters is 1. The summed E-state index contributed by atoms with van der Waals surface area (Å²) in [5.74, 6) is -1.45. The van der Waals surface area contributed by atoms with E-state index in [0.717, 1.165) is 5.56 Å². The van der Waals surface area contributed by atoms with Gasteiger partial charge in [-0.3, -0.25) is 30.0 Å². The first-order valence-corrected chi connectivity index (χ1v) is 11.3. The van der Waals surface area contributed by atoms with E-state index >= 15 is 0 Å². The van der Waals surface area contributed by atoms with Crippen molar-refractivity contribution in [2.75, 3.05) is 18.1 Å². The Labute approximate surface area is 208 Å². The molecular weight excluding hydrogens is 462 g/mol. The van der Waals surface area contributed by atoms with Crippen LogP contribution in [-0.2, 0) is 19.1 Å². The highest BCUT2D eigenvalue weighted by atomic mass is 16.5. The van der Waals surface area contributed by atoms with Crippen LogP contribution in [0.3, 0.4) is 0 Å². The molecule has 0 aliphatic carbocycles. The largest absolute Gasteiger partial charge is 0.457 e. The average Bonchev–Trinajstić information content (AvgIpc) is 3.29. The van der Waals surface area contributed by atoms with Crippen molar-refractivity contribution in [2.45, 2.75) is 13.3 Å². The zero-order valence-corrected chi connectivity index (χ0v) is 19.6. The van der Waals surface area contributed by atoms with Gasteiger partial charge in [0.2, 0.25) is 5.91 Å². The van der Waals surface area contributed by atoms with Crippen LogP contribution in [0.2, 0.25) is 0 Å². The third kappa shape index (κ3) is 6.26. The number of carbonyl (C=O) groups excluding carboxylic acids is 4. The number of hydrogen-bond acceptors (Lipinski definition) is 6. The molecule has 0 spiro atoms. The van der Waals surface area contributed by atoms with Gasteiger partial charge in [0.1, 0.15) is 11.5 Å². The molecule has 3 aromatic rings. The molecule has 0 saturated carbocycles. The molecular formula is C27H25N3O6. The first-order valence-electron chi connectivity index (χ1n) is 11.3. The van der Waals surface area contributed by atoms with Gasteiger partial charge in [-0.1, -0.05) is 35.9 Å². The Kier molecular flexibility index (Phi) is 7.60. The van der Waals surface area contributed by atoms with Gasteiger partial charge < -0.3 is 14.4 Å². The van der Waals surface area contributed by atoms with Gasteiger partial charge in [-0.05, 0) is 55.5 Å². The fourth-order valence-corrected chi connectivity index (χ4v) is 3.63. The Morgan fingerprint density at radius 2 is 1.53 bits per heavy atom. The second-order valence-corrected chi connectivity index (χ2v) is 8.29. The SMILES string of the molecule is Cc1ccc(Oc2ccc(N3C[C@@H](C(=O)OCC(=O)NNC(=O)c4ccccc4)CC3=O)cc2)cc1. The van der Waals surface area contributed by atoms with Crippen molar-refractivity contribution in [1.82, 2.24) is 10.9 Å². The van der Waals surface area contributed by atoms with Gasteiger partial charge in [0, 0.05) is 24.2 Å². The van der Waals surface area contributed by atoms with E-state index in [0.29, 0.717) is 22.7 Å². The molecule has 36 heavy (non-hydrogen) atoms. The maximum Gasteiger partial charge on any atom is 0.311 e. The third-order valence-corrected chi connectivity index (χ3v) is 5.56. The molecule has 0 aromatic heterocycles. The summed E-state index contributed by atoms with van der Waals surface area (Å²) >= 11 is 0. The second-order valence-electron chi connectivity index (χ2n) is 8.29. The summed E-state index contributed by atoms with van der Waals surface area (Å²) in [6, 6.07) is 23.0. The van der Waals surface area contributed by atoms with Crippen LogP contribution >= 0.6 is 0 Å². The molecule has 2 N–H and O–H groups in total. The number of hydrogen-bond donors (Lipinski definition) is 2. The quantitative estimate of drug-likeness (QED) is 0.391. The van der Waals surface area contributed by atoms with Crippen molar-refractivity contribution in [1.29, 1.82) is 0 Å². The lowest BCUT2D eigenvalue weighted by molar-refractivity contribution is -0.152. The van der Waals surface area contributed by atoms with E-state index in [9.17, 15) is 19.2 Å². The number of nitrogens with one attached hydrogen (secondary N) is 2. The molecule has 0 radical (unpaired) electrons. The highest BCUT2D eigenvalue weighted by molar-refractivity contribution is 6.00.